The van der Waals surface area contributed by atoms with Gasteiger partial charge in [-0.25, -0.2) is 8.78 Å². The molecule has 1 aromatic heterocycles. The highest BCUT2D eigenvalue weighted by molar-refractivity contribution is 7.14. The second kappa shape index (κ2) is 11.9. The Morgan fingerprint density at radius 1 is 1.05 bits per heavy atom. The summed E-state index contributed by atoms with van der Waals surface area (Å²) in [7, 11) is 0. The van der Waals surface area contributed by atoms with Crippen LogP contribution in [0.15, 0.2) is 67.0 Å². The highest BCUT2D eigenvalue weighted by Gasteiger charge is 2.29. The van der Waals surface area contributed by atoms with Gasteiger partial charge in [0.15, 0.2) is 0 Å². The lowest BCUT2D eigenvalue weighted by atomic mass is 9.86. The van der Waals surface area contributed by atoms with Gasteiger partial charge in [-0.2, -0.15) is 5.26 Å². The predicted octanol–water partition coefficient (Wildman–Crippen LogP) is 10.1. The van der Waals surface area contributed by atoms with E-state index >= 15 is 4.39 Å². The molecule has 3 aromatic rings. The van der Waals surface area contributed by atoms with Crippen molar-refractivity contribution in [1.82, 2.24) is 4.90 Å². The number of nitrogens with zero attached hydrogens (tertiary/aromatic N) is 2. The SMILES string of the molecule is C=C(c1sc2c(c1C)C/C(F)=C\CC=C2F)N(Cc1cc(-c2cccc(C#N)c2)ccc1C)C1CCC(C)CC1. The zero-order valence-electron chi connectivity index (χ0n) is 23.6. The first-order chi connectivity index (χ1) is 19.2. The highest BCUT2D eigenvalue weighted by atomic mass is 32.1. The molecule has 0 bridgehead atoms. The maximum atomic E-state index is 15.1. The van der Waals surface area contributed by atoms with Gasteiger partial charge in [0.25, 0.3) is 0 Å². The highest BCUT2D eigenvalue weighted by Crippen LogP contribution is 2.43. The molecule has 0 unspecified atom stereocenters. The quantitative estimate of drug-likeness (QED) is 0.303. The molecule has 1 fully saturated rings. The van der Waals surface area contributed by atoms with Crippen molar-refractivity contribution < 1.29 is 8.78 Å². The minimum atomic E-state index is -0.271. The van der Waals surface area contributed by atoms with E-state index in [1.54, 1.807) is 0 Å². The Hall–Kier alpha value is -3.49. The summed E-state index contributed by atoms with van der Waals surface area (Å²) in [6.07, 6.45) is 7.82. The summed E-state index contributed by atoms with van der Waals surface area (Å²) < 4.78 is 29.6. The van der Waals surface area contributed by atoms with Gasteiger partial charge in [-0.15, -0.1) is 11.3 Å². The summed E-state index contributed by atoms with van der Waals surface area (Å²) in [6.45, 7) is 11.7. The number of thiophene rings is 1. The first-order valence-electron chi connectivity index (χ1n) is 14.1. The fourth-order valence-corrected chi connectivity index (χ4v) is 7.20. The number of fused-ring (bicyclic) bond motifs is 1. The van der Waals surface area contributed by atoms with Gasteiger partial charge in [0.2, 0.25) is 0 Å². The zero-order valence-corrected chi connectivity index (χ0v) is 24.4. The second-order valence-electron chi connectivity index (χ2n) is 11.3. The van der Waals surface area contributed by atoms with E-state index in [0.29, 0.717) is 28.9 Å². The van der Waals surface area contributed by atoms with Crippen LogP contribution in [0.25, 0.3) is 22.7 Å². The molecule has 1 saturated carbocycles. The molecule has 0 aliphatic heterocycles. The molecule has 0 amide bonds. The number of hydrogen-bond acceptors (Lipinski definition) is 3. The van der Waals surface area contributed by atoms with Gasteiger partial charge in [-0.1, -0.05) is 37.8 Å². The molecule has 2 aromatic carbocycles. The van der Waals surface area contributed by atoms with Crippen LogP contribution in [0.1, 0.15) is 76.6 Å². The molecule has 0 N–H and O–H groups in total. The van der Waals surface area contributed by atoms with Crippen LogP contribution in [0.2, 0.25) is 0 Å². The second-order valence-corrected chi connectivity index (χ2v) is 12.3. The third-order valence-corrected chi connectivity index (χ3v) is 9.91. The third kappa shape index (κ3) is 5.83. The van der Waals surface area contributed by atoms with Crippen molar-refractivity contribution in [2.45, 2.75) is 71.9 Å². The monoisotopic (exact) mass is 554 g/mol. The van der Waals surface area contributed by atoms with Crippen LogP contribution in [0.3, 0.4) is 0 Å². The summed E-state index contributed by atoms with van der Waals surface area (Å²) >= 11 is 1.41. The van der Waals surface area contributed by atoms with Crippen molar-refractivity contribution in [2.75, 3.05) is 0 Å². The normalized spacial score (nSPS) is 20.3. The molecule has 0 saturated heterocycles. The number of nitriles is 1. The van der Waals surface area contributed by atoms with Gasteiger partial charge in [0.05, 0.1) is 21.4 Å². The molecule has 0 spiro atoms. The Morgan fingerprint density at radius 2 is 1.80 bits per heavy atom. The van der Waals surface area contributed by atoms with Gasteiger partial charge in [0, 0.05) is 24.7 Å². The smallest absolute Gasteiger partial charge is 0.137 e. The zero-order chi connectivity index (χ0) is 28.4. The van der Waals surface area contributed by atoms with E-state index in [1.807, 2.05) is 31.2 Å². The molecular formula is C35H36F2N2S. The van der Waals surface area contributed by atoms with Gasteiger partial charge < -0.3 is 4.90 Å². The molecule has 5 heteroatoms. The van der Waals surface area contributed by atoms with Crippen LogP contribution >= 0.6 is 11.3 Å². The molecule has 0 radical (unpaired) electrons. The Bertz CT molecular complexity index is 1530. The maximum Gasteiger partial charge on any atom is 0.137 e. The summed E-state index contributed by atoms with van der Waals surface area (Å²) in [4.78, 5) is 3.89. The number of allylic oxidation sites excluding steroid dienone is 3. The lowest BCUT2D eigenvalue weighted by Gasteiger charge is -2.39. The summed E-state index contributed by atoms with van der Waals surface area (Å²) in [5.41, 5.74) is 7.67. The molecule has 2 nitrogen and oxygen atoms in total. The van der Waals surface area contributed by atoms with Crippen molar-refractivity contribution in [2.24, 2.45) is 5.92 Å². The lowest BCUT2D eigenvalue weighted by molar-refractivity contribution is 0.198. The lowest BCUT2D eigenvalue weighted by Crippen LogP contribution is -2.36. The Balaban J connectivity index is 1.53. The Morgan fingerprint density at radius 3 is 2.55 bits per heavy atom. The Labute approximate surface area is 241 Å². The number of benzene rings is 2. The van der Waals surface area contributed by atoms with Crippen LogP contribution in [0.5, 0.6) is 0 Å². The van der Waals surface area contributed by atoms with E-state index in [4.69, 9.17) is 0 Å². The van der Waals surface area contributed by atoms with Crippen LogP contribution in [-0.4, -0.2) is 10.9 Å². The van der Waals surface area contributed by atoms with Crippen molar-refractivity contribution in [3.05, 3.63) is 105 Å². The molecule has 2 aliphatic rings. The first-order valence-corrected chi connectivity index (χ1v) is 15.0. The Kier molecular flexibility index (Phi) is 8.38. The average Bonchev–Trinajstić information content (AvgIpc) is 3.27. The molecule has 40 heavy (non-hydrogen) atoms. The van der Waals surface area contributed by atoms with Crippen LogP contribution in [0.4, 0.5) is 8.78 Å². The van der Waals surface area contributed by atoms with E-state index in [1.165, 1.54) is 47.5 Å². The number of halogens is 2. The van der Waals surface area contributed by atoms with E-state index < -0.39 is 0 Å². The van der Waals surface area contributed by atoms with E-state index in [0.717, 1.165) is 45.7 Å². The van der Waals surface area contributed by atoms with Gasteiger partial charge in [0.1, 0.15) is 11.7 Å². The van der Waals surface area contributed by atoms with Gasteiger partial charge >= 0.3 is 0 Å². The number of aryl methyl sites for hydroxylation is 1. The van der Waals surface area contributed by atoms with Crippen molar-refractivity contribution >= 4 is 22.9 Å². The largest absolute Gasteiger partial charge is 0.364 e. The van der Waals surface area contributed by atoms with Gasteiger partial charge in [-0.3, -0.25) is 0 Å². The standard InChI is InChI=1S/C35H36F2N2S/c1-22-11-15-31(16-12-22)39(21-29-18-28(14-13-23(29)2)27-8-5-7-26(17-27)20-38)25(4)34-24(3)32-19-30(36)9-6-10-33(37)35(32)40-34/h5,7-10,13-14,17-18,22,31H,4,6,11-12,15-16,19,21H2,1-3H3/b30-9+,33-10?. The predicted molar refractivity (Wildman–Crippen MR) is 163 cm³/mol. The molecule has 5 rings (SSSR count). The van der Waals surface area contributed by atoms with Crippen molar-refractivity contribution in [1.29, 1.82) is 5.26 Å². The van der Waals surface area contributed by atoms with Crippen molar-refractivity contribution in [3.8, 4) is 17.2 Å². The van der Waals surface area contributed by atoms with Crippen molar-refractivity contribution in [3.63, 3.8) is 0 Å². The minimum absolute atomic E-state index is 0.121. The van der Waals surface area contributed by atoms with Crippen LogP contribution < -0.4 is 0 Å². The first kappa shape index (κ1) is 28.1. The summed E-state index contributed by atoms with van der Waals surface area (Å²) in [5.74, 6) is 0.224. The topological polar surface area (TPSA) is 27.0 Å². The molecule has 1 heterocycles. The van der Waals surface area contributed by atoms with E-state index in [9.17, 15) is 9.65 Å². The number of rotatable bonds is 6. The fourth-order valence-electron chi connectivity index (χ4n) is 5.96. The molecule has 206 valence electrons. The van der Waals surface area contributed by atoms with Crippen LogP contribution in [-0.2, 0) is 13.0 Å². The molecular weight excluding hydrogens is 518 g/mol. The maximum absolute atomic E-state index is 15.1. The number of hydrogen-bond donors (Lipinski definition) is 0. The summed E-state index contributed by atoms with van der Waals surface area (Å²) in [5, 5.41) is 9.39. The van der Waals surface area contributed by atoms with E-state index in [2.05, 4.69) is 49.6 Å². The third-order valence-electron chi connectivity index (χ3n) is 8.52. The summed E-state index contributed by atoms with van der Waals surface area (Å²) in [6, 6.07) is 16.7. The van der Waals surface area contributed by atoms with E-state index in [-0.39, 0.29) is 24.5 Å². The van der Waals surface area contributed by atoms with Gasteiger partial charge in [-0.05, 0) is 116 Å². The fraction of sp³-hybridized carbons (Fsp3) is 0.343. The molecule has 0 atom stereocenters. The minimum Gasteiger partial charge on any atom is -0.364 e. The molecule has 2 aliphatic carbocycles. The average molecular weight is 555 g/mol. The van der Waals surface area contributed by atoms with Crippen LogP contribution in [0, 0.1) is 31.1 Å².